The minimum Gasteiger partial charge on any atom is -0.325 e. The molecule has 0 bridgehead atoms. The molecule has 27 heavy (non-hydrogen) atoms. The van der Waals surface area contributed by atoms with Crippen LogP contribution in [0.3, 0.4) is 0 Å². The first kappa shape index (κ1) is 21.2. The second-order valence-electron chi connectivity index (χ2n) is 7.36. The molecule has 144 valence electrons. The van der Waals surface area contributed by atoms with E-state index in [1.165, 1.54) is 11.1 Å². The van der Waals surface area contributed by atoms with Crippen molar-refractivity contribution >= 4 is 29.1 Å². The summed E-state index contributed by atoms with van der Waals surface area (Å²) in [6.07, 6.45) is 0. The lowest BCUT2D eigenvalue weighted by molar-refractivity contribution is -0.113. The van der Waals surface area contributed by atoms with Gasteiger partial charge in [-0.2, -0.15) is 0 Å². The molecule has 0 spiro atoms. The van der Waals surface area contributed by atoms with Crippen molar-refractivity contribution in [2.75, 3.05) is 11.1 Å². The van der Waals surface area contributed by atoms with Crippen molar-refractivity contribution in [1.29, 1.82) is 0 Å². The van der Waals surface area contributed by atoms with Gasteiger partial charge in [-0.15, -0.1) is 11.8 Å². The van der Waals surface area contributed by atoms with Crippen molar-refractivity contribution in [3.05, 3.63) is 62.7 Å². The standard InChI is InChI=1S/C23H29NO2S/c1-13-8-16(4)23(17(5)9-13)24-21(26)12-27-11-20-14(2)10-15(3)22(18(20)6)19(7)25/h8-10H,11-12H2,1-7H3,(H,24,26). The quantitative estimate of drug-likeness (QED) is 0.659. The maximum Gasteiger partial charge on any atom is 0.234 e. The predicted octanol–water partition coefficient (Wildman–Crippen LogP) is 5.61. The third kappa shape index (κ3) is 5.01. The number of hydrogen-bond donors (Lipinski definition) is 1. The zero-order valence-electron chi connectivity index (χ0n) is 17.4. The summed E-state index contributed by atoms with van der Waals surface area (Å²) in [4.78, 5) is 24.4. The van der Waals surface area contributed by atoms with Crippen LogP contribution in [0.25, 0.3) is 0 Å². The number of carbonyl (C=O) groups is 2. The van der Waals surface area contributed by atoms with Gasteiger partial charge in [0.25, 0.3) is 0 Å². The molecule has 2 rings (SSSR count). The number of rotatable bonds is 6. The molecule has 3 nitrogen and oxygen atoms in total. The van der Waals surface area contributed by atoms with Crippen LogP contribution in [-0.2, 0) is 10.5 Å². The number of ketones is 1. The minimum absolute atomic E-state index is 0.00395. The van der Waals surface area contributed by atoms with Gasteiger partial charge in [0.15, 0.2) is 5.78 Å². The molecule has 0 saturated heterocycles. The van der Waals surface area contributed by atoms with E-state index in [-0.39, 0.29) is 11.7 Å². The Labute approximate surface area is 166 Å². The summed E-state index contributed by atoms with van der Waals surface area (Å²) in [5.74, 6) is 1.20. The van der Waals surface area contributed by atoms with Crippen LogP contribution in [0.2, 0.25) is 0 Å². The van der Waals surface area contributed by atoms with Crippen molar-refractivity contribution in [2.24, 2.45) is 0 Å². The van der Waals surface area contributed by atoms with Gasteiger partial charge in [0.2, 0.25) is 5.91 Å². The normalized spacial score (nSPS) is 10.8. The number of thioether (sulfide) groups is 1. The number of Topliss-reactive ketones (excluding diaryl/α,β-unsaturated/α-hetero) is 1. The maximum absolute atomic E-state index is 12.4. The molecular weight excluding hydrogens is 354 g/mol. The highest BCUT2D eigenvalue weighted by Gasteiger charge is 2.15. The Morgan fingerprint density at radius 2 is 1.48 bits per heavy atom. The molecule has 2 aromatic carbocycles. The van der Waals surface area contributed by atoms with Gasteiger partial charge < -0.3 is 5.32 Å². The molecule has 0 heterocycles. The van der Waals surface area contributed by atoms with E-state index >= 15 is 0 Å². The Morgan fingerprint density at radius 1 is 0.889 bits per heavy atom. The molecule has 0 aliphatic carbocycles. The van der Waals surface area contributed by atoms with E-state index in [0.717, 1.165) is 44.8 Å². The van der Waals surface area contributed by atoms with Crippen LogP contribution in [0.4, 0.5) is 5.69 Å². The highest BCUT2D eigenvalue weighted by molar-refractivity contribution is 7.99. The van der Waals surface area contributed by atoms with Crippen LogP contribution < -0.4 is 5.32 Å². The number of benzene rings is 2. The lowest BCUT2D eigenvalue weighted by atomic mass is 9.92. The third-order valence-corrected chi connectivity index (χ3v) is 5.86. The van der Waals surface area contributed by atoms with E-state index in [2.05, 4.69) is 37.4 Å². The van der Waals surface area contributed by atoms with Gasteiger partial charge >= 0.3 is 0 Å². The largest absolute Gasteiger partial charge is 0.325 e. The van der Waals surface area contributed by atoms with E-state index in [4.69, 9.17) is 0 Å². The molecule has 0 aliphatic rings. The topological polar surface area (TPSA) is 46.2 Å². The number of hydrogen-bond acceptors (Lipinski definition) is 3. The summed E-state index contributed by atoms with van der Waals surface area (Å²) >= 11 is 1.58. The molecule has 0 fully saturated rings. The lowest BCUT2D eigenvalue weighted by Crippen LogP contribution is -2.16. The number of aryl methyl sites for hydroxylation is 5. The highest BCUT2D eigenvalue weighted by Crippen LogP contribution is 2.27. The zero-order valence-corrected chi connectivity index (χ0v) is 18.2. The van der Waals surface area contributed by atoms with Gasteiger partial charge in [-0.3, -0.25) is 9.59 Å². The molecule has 0 aliphatic heterocycles. The molecule has 1 amide bonds. The smallest absolute Gasteiger partial charge is 0.234 e. The molecule has 0 radical (unpaired) electrons. The summed E-state index contributed by atoms with van der Waals surface area (Å²) in [7, 11) is 0. The fraction of sp³-hybridized carbons (Fsp3) is 0.391. The lowest BCUT2D eigenvalue weighted by Gasteiger charge is -2.16. The zero-order chi connectivity index (χ0) is 20.3. The van der Waals surface area contributed by atoms with E-state index in [0.29, 0.717) is 5.75 Å². The summed E-state index contributed by atoms with van der Waals surface area (Å²) in [5.41, 5.74) is 9.49. The fourth-order valence-corrected chi connectivity index (χ4v) is 4.80. The summed E-state index contributed by atoms with van der Waals surface area (Å²) in [5, 5.41) is 3.05. The van der Waals surface area contributed by atoms with Crippen molar-refractivity contribution in [1.82, 2.24) is 0 Å². The Morgan fingerprint density at radius 3 is 2.04 bits per heavy atom. The van der Waals surface area contributed by atoms with Crippen molar-refractivity contribution < 1.29 is 9.59 Å². The van der Waals surface area contributed by atoms with Gasteiger partial charge in [-0.25, -0.2) is 0 Å². The van der Waals surface area contributed by atoms with Gasteiger partial charge in [-0.05, 0) is 81.8 Å². The van der Waals surface area contributed by atoms with E-state index in [1.54, 1.807) is 18.7 Å². The fourth-order valence-electron chi connectivity index (χ4n) is 3.79. The number of carbonyl (C=O) groups excluding carboxylic acids is 2. The van der Waals surface area contributed by atoms with Crippen molar-refractivity contribution in [2.45, 2.75) is 54.2 Å². The van der Waals surface area contributed by atoms with Crippen LogP contribution in [0.1, 0.15) is 56.2 Å². The Hall–Kier alpha value is -2.07. The minimum atomic E-state index is 0.00395. The number of anilines is 1. The summed E-state index contributed by atoms with van der Waals surface area (Å²) < 4.78 is 0. The van der Waals surface area contributed by atoms with Crippen LogP contribution in [0.15, 0.2) is 18.2 Å². The van der Waals surface area contributed by atoms with Crippen LogP contribution in [0, 0.1) is 41.5 Å². The first-order valence-electron chi connectivity index (χ1n) is 9.17. The highest BCUT2D eigenvalue weighted by atomic mass is 32.2. The first-order chi connectivity index (χ1) is 12.6. The average molecular weight is 384 g/mol. The van der Waals surface area contributed by atoms with Crippen LogP contribution >= 0.6 is 11.8 Å². The second-order valence-corrected chi connectivity index (χ2v) is 8.35. The van der Waals surface area contributed by atoms with Crippen molar-refractivity contribution in [3.63, 3.8) is 0 Å². The molecule has 1 N–H and O–H groups in total. The predicted molar refractivity (Wildman–Crippen MR) is 116 cm³/mol. The first-order valence-corrected chi connectivity index (χ1v) is 10.3. The van der Waals surface area contributed by atoms with Gasteiger partial charge in [-0.1, -0.05) is 23.8 Å². The van der Waals surface area contributed by atoms with Crippen LogP contribution in [0.5, 0.6) is 0 Å². The Kier molecular flexibility index (Phi) is 6.88. The summed E-state index contributed by atoms with van der Waals surface area (Å²) in [6.45, 7) is 13.8. The Bertz CT molecular complexity index is 877. The molecular formula is C23H29NO2S. The van der Waals surface area contributed by atoms with Gasteiger partial charge in [0.1, 0.15) is 0 Å². The maximum atomic E-state index is 12.4. The number of amides is 1. The Balaban J connectivity index is 2.06. The van der Waals surface area contributed by atoms with E-state index < -0.39 is 0 Å². The molecule has 4 heteroatoms. The monoisotopic (exact) mass is 383 g/mol. The van der Waals surface area contributed by atoms with Crippen LogP contribution in [-0.4, -0.2) is 17.4 Å². The SMILES string of the molecule is CC(=O)c1c(C)cc(C)c(CSCC(=O)Nc2c(C)cc(C)cc2C)c1C. The molecule has 0 aromatic heterocycles. The molecule has 0 unspecified atom stereocenters. The van der Waals surface area contributed by atoms with Crippen molar-refractivity contribution in [3.8, 4) is 0 Å². The second kappa shape index (κ2) is 8.75. The van der Waals surface area contributed by atoms with Gasteiger partial charge in [0.05, 0.1) is 5.75 Å². The summed E-state index contributed by atoms with van der Waals surface area (Å²) in [6, 6.07) is 6.23. The van der Waals surface area contributed by atoms with E-state index in [9.17, 15) is 9.59 Å². The molecule has 2 aromatic rings. The number of nitrogens with one attached hydrogen (secondary N) is 1. The third-order valence-electron chi connectivity index (χ3n) is 4.90. The molecule has 0 atom stereocenters. The molecule has 0 saturated carbocycles. The average Bonchev–Trinajstić information content (AvgIpc) is 2.53. The van der Waals surface area contributed by atoms with Gasteiger partial charge in [0, 0.05) is 17.0 Å². The van der Waals surface area contributed by atoms with E-state index in [1.807, 2.05) is 27.7 Å².